The van der Waals surface area contributed by atoms with Crippen LogP contribution in [0.25, 0.3) is 0 Å². The van der Waals surface area contributed by atoms with Gasteiger partial charge in [0.1, 0.15) is 0 Å². The van der Waals surface area contributed by atoms with Crippen molar-refractivity contribution in [2.45, 2.75) is 39.8 Å². The second-order valence-electron chi connectivity index (χ2n) is 3.65. The fourth-order valence-corrected chi connectivity index (χ4v) is 3.38. The molecule has 0 aromatic rings. The number of carbonyl (C=O) groups excluding carboxylic acids is 2. The van der Waals surface area contributed by atoms with Crippen molar-refractivity contribution in [3.8, 4) is 0 Å². The maximum Gasteiger partial charge on any atom is 0.345 e. The molecule has 0 saturated heterocycles. The van der Waals surface area contributed by atoms with Crippen LogP contribution < -0.4 is 0 Å². The highest BCUT2D eigenvalue weighted by molar-refractivity contribution is 7.55. The Morgan fingerprint density at radius 3 is 1.80 bits per heavy atom. The molecule has 0 aliphatic heterocycles. The van der Waals surface area contributed by atoms with Crippen molar-refractivity contribution >= 4 is 19.5 Å². The number of hydrogen-bond acceptors (Lipinski definition) is 7. The predicted molar refractivity (Wildman–Crippen MR) is 72.5 cm³/mol. The third-order valence-corrected chi connectivity index (χ3v) is 4.62. The van der Waals surface area contributed by atoms with Gasteiger partial charge in [0.2, 0.25) is 0 Å². The van der Waals surface area contributed by atoms with Crippen LogP contribution >= 0.6 is 7.60 Å². The molecule has 0 amide bonds. The first-order chi connectivity index (χ1) is 9.45. The largest absolute Gasteiger partial charge is 0.466 e. The molecule has 0 spiro atoms. The lowest BCUT2D eigenvalue weighted by Crippen LogP contribution is -2.29. The summed E-state index contributed by atoms with van der Waals surface area (Å²) in [5, 5.41) is 0. The summed E-state index contributed by atoms with van der Waals surface area (Å²) in [6.07, 6.45) is -0.399. The second kappa shape index (κ2) is 9.91. The van der Waals surface area contributed by atoms with E-state index in [9.17, 15) is 14.2 Å². The van der Waals surface area contributed by atoms with Gasteiger partial charge in [-0.25, -0.2) is 0 Å². The summed E-state index contributed by atoms with van der Waals surface area (Å²) in [5.41, 5.74) is -1.30. The monoisotopic (exact) mass is 310 g/mol. The molecular weight excluding hydrogens is 287 g/mol. The molecule has 0 bridgehead atoms. The highest BCUT2D eigenvalue weighted by Gasteiger charge is 2.44. The first kappa shape index (κ1) is 19.1. The van der Waals surface area contributed by atoms with Crippen LogP contribution in [0, 0.1) is 0 Å². The number of esters is 2. The summed E-state index contributed by atoms with van der Waals surface area (Å²) >= 11 is 0. The van der Waals surface area contributed by atoms with Crippen molar-refractivity contribution in [1.29, 1.82) is 0 Å². The SMILES string of the molecule is CCOC(=O)C[C@H](C(=O)OCC)P(=O)(OCC)OCC. The number of carbonyl (C=O) groups is 2. The molecule has 0 aliphatic carbocycles. The van der Waals surface area contributed by atoms with E-state index in [1.165, 1.54) is 0 Å². The Morgan fingerprint density at radius 2 is 1.40 bits per heavy atom. The molecule has 0 saturated carbocycles. The van der Waals surface area contributed by atoms with Crippen molar-refractivity contribution < 1.29 is 32.7 Å². The lowest BCUT2D eigenvalue weighted by Gasteiger charge is -2.24. The summed E-state index contributed by atoms with van der Waals surface area (Å²) in [4.78, 5) is 23.5. The third-order valence-electron chi connectivity index (χ3n) is 2.22. The smallest absolute Gasteiger partial charge is 0.345 e. The molecule has 1 atom stereocenters. The van der Waals surface area contributed by atoms with Gasteiger partial charge in [0.05, 0.1) is 32.8 Å². The van der Waals surface area contributed by atoms with Crippen molar-refractivity contribution in [3.63, 3.8) is 0 Å². The number of ether oxygens (including phenoxy) is 2. The van der Waals surface area contributed by atoms with E-state index in [1.807, 2.05) is 0 Å². The van der Waals surface area contributed by atoms with Crippen LogP contribution in [0.5, 0.6) is 0 Å². The fraction of sp³-hybridized carbons (Fsp3) is 0.833. The minimum Gasteiger partial charge on any atom is -0.466 e. The molecule has 0 radical (unpaired) electrons. The lowest BCUT2D eigenvalue weighted by atomic mass is 10.3. The molecule has 0 aromatic carbocycles. The van der Waals surface area contributed by atoms with Gasteiger partial charge in [0.25, 0.3) is 0 Å². The Bertz CT molecular complexity index is 346. The Labute approximate surface area is 119 Å². The molecule has 0 heterocycles. The van der Waals surface area contributed by atoms with E-state index in [0.717, 1.165) is 0 Å². The molecule has 0 rings (SSSR count). The van der Waals surface area contributed by atoms with E-state index >= 15 is 0 Å². The van der Waals surface area contributed by atoms with Crippen LogP contribution in [0.1, 0.15) is 34.1 Å². The van der Waals surface area contributed by atoms with Crippen molar-refractivity contribution in [1.82, 2.24) is 0 Å². The van der Waals surface area contributed by atoms with Crippen LogP contribution in [-0.4, -0.2) is 44.0 Å². The van der Waals surface area contributed by atoms with Gasteiger partial charge in [0, 0.05) is 0 Å². The van der Waals surface area contributed by atoms with E-state index < -0.39 is 31.6 Å². The summed E-state index contributed by atoms with van der Waals surface area (Å²) in [6.45, 7) is 6.97. The highest BCUT2D eigenvalue weighted by atomic mass is 31.2. The normalized spacial score (nSPS) is 12.8. The standard InChI is InChI=1S/C12H23O7P/c1-5-16-11(13)9-10(12(14)17-6-2)20(15,18-7-3)19-8-4/h10H,5-9H2,1-4H3/t10-/m1/s1. The summed E-state index contributed by atoms with van der Waals surface area (Å²) in [6, 6.07) is 0. The van der Waals surface area contributed by atoms with E-state index in [2.05, 4.69) is 0 Å². The highest BCUT2D eigenvalue weighted by Crippen LogP contribution is 2.54. The first-order valence-electron chi connectivity index (χ1n) is 6.66. The molecule has 0 aliphatic rings. The maximum absolute atomic E-state index is 12.6. The number of rotatable bonds is 10. The van der Waals surface area contributed by atoms with Crippen LogP contribution in [0.2, 0.25) is 0 Å². The van der Waals surface area contributed by atoms with Gasteiger partial charge < -0.3 is 18.5 Å². The molecule has 0 aromatic heterocycles. The lowest BCUT2D eigenvalue weighted by molar-refractivity contribution is -0.149. The van der Waals surface area contributed by atoms with E-state index in [1.54, 1.807) is 27.7 Å². The summed E-state index contributed by atoms with van der Waals surface area (Å²) < 4.78 is 32.4. The van der Waals surface area contributed by atoms with Crippen LogP contribution in [-0.2, 0) is 32.7 Å². The average molecular weight is 310 g/mol. The fourth-order valence-electron chi connectivity index (χ4n) is 1.52. The average Bonchev–Trinajstić information content (AvgIpc) is 2.37. The predicted octanol–water partition coefficient (Wildman–Crippen LogP) is 2.14. The van der Waals surface area contributed by atoms with Crippen LogP contribution in [0.15, 0.2) is 0 Å². The van der Waals surface area contributed by atoms with Gasteiger partial charge in [-0.3, -0.25) is 14.2 Å². The maximum atomic E-state index is 12.6. The molecule has 118 valence electrons. The molecule has 8 heteroatoms. The van der Waals surface area contributed by atoms with E-state index in [0.29, 0.717) is 0 Å². The van der Waals surface area contributed by atoms with Gasteiger partial charge in [0.15, 0.2) is 5.66 Å². The van der Waals surface area contributed by atoms with Gasteiger partial charge >= 0.3 is 19.5 Å². The second-order valence-corrected chi connectivity index (χ2v) is 5.87. The summed E-state index contributed by atoms with van der Waals surface area (Å²) in [7, 11) is -3.77. The zero-order chi connectivity index (χ0) is 15.6. The zero-order valence-electron chi connectivity index (χ0n) is 12.4. The minimum absolute atomic E-state index is 0.0933. The molecule has 0 unspecified atom stereocenters. The van der Waals surface area contributed by atoms with Crippen LogP contribution in [0.4, 0.5) is 0 Å². The van der Waals surface area contributed by atoms with Crippen molar-refractivity contribution in [2.24, 2.45) is 0 Å². The van der Waals surface area contributed by atoms with Gasteiger partial charge in [-0.05, 0) is 27.7 Å². The van der Waals surface area contributed by atoms with Gasteiger partial charge in [-0.2, -0.15) is 0 Å². The van der Waals surface area contributed by atoms with Crippen molar-refractivity contribution in [3.05, 3.63) is 0 Å². The molecular formula is C12H23O7P. The first-order valence-corrected chi connectivity index (χ1v) is 8.27. The van der Waals surface area contributed by atoms with E-state index in [4.69, 9.17) is 18.5 Å². The summed E-state index contributed by atoms with van der Waals surface area (Å²) in [5.74, 6) is -1.43. The van der Waals surface area contributed by atoms with Gasteiger partial charge in [-0.15, -0.1) is 0 Å². The zero-order valence-corrected chi connectivity index (χ0v) is 13.3. The quantitative estimate of drug-likeness (QED) is 0.451. The van der Waals surface area contributed by atoms with Gasteiger partial charge in [-0.1, -0.05) is 0 Å². The Balaban J connectivity index is 5.19. The molecule has 0 fully saturated rings. The Morgan fingerprint density at radius 1 is 0.900 bits per heavy atom. The minimum atomic E-state index is -3.77. The topological polar surface area (TPSA) is 88.1 Å². The Hall–Kier alpha value is -0.910. The number of hydrogen-bond donors (Lipinski definition) is 0. The van der Waals surface area contributed by atoms with E-state index in [-0.39, 0.29) is 26.4 Å². The van der Waals surface area contributed by atoms with Crippen molar-refractivity contribution in [2.75, 3.05) is 26.4 Å². The molecule has 20 heavy (non-hydrogen) atoms. The molecule has 7 nitrogen and oxygen atoms in total. The molecule has 0 N–H and O–H groups in total. The Kier molecular flexibility index (Phi) is 9.46. The third kappa shape index (κ3) is 6.03. The van der Waals surface area contributed by atoms with Crippen LogP contribution in [0.3, 0.4) is 0 Å².